The molecule has 0 bridgehead atoms. The van der Waals surface area contributed by atoms with Crippen LogP contribution in [-0.2, 0) is 9.53 Å². The zero-order valence-electron chi connectivity index (χ0n) is 14.4. The summed E-state index contributed by atoms with van der Waals surface area (Å²) in [5, 5.41) is 3.20. The van der Waals surface area contributed by atoms with E-state index in [0.29, 0.717) is 15.8 Å². The van der Waals surface area contributed by atoms with Crippen molar-refractivity contribution in [1.82, 2.24) is 0 Å². The van der Waals surface area contributed by atoms with Gasteiger partial charge in [0.05, 0.1) is 22.8 Å². The number of carbonyl (C=O) groups excluding carboxylic acids is 2. The molecule has 0 spiro atoms. The van der Waals surface area contributed by atoms with Crippen molar-refractivity contribution < 1.29 is 19.1 Å². The van der Waals surface area contributed by atoms with Crippen molar-refractivity contribution in [3.05, 3.63) is 51.5 Å². The molecule has 0 atom stereocenters. The fourth-order valence-corrected chi connectivity index (χ4v) is 3.02. The van der Waals surface area contributed by atoms with Crippen LogP contribution in [0.2, 0.25) is 10.0 Å². The molecule has 0 radical (unpaired) electrons. The maximum absolute atomic E-state index is 12.2. The van der Waals surface area contributed by atoms with E-state index in [4.69, 9.17) is 32.7 Å². The van der Waals surface area contributed by atoms with E-state index in [1.54, 1.807) is 37.3 Å². The van der Waals surface area contributed by atoms with E-state index < -0.39 is 18.5 Å². The van der Waals surface area contributed by atoms with Gasteiger partial charge in [0, 0.05) is 4.90 Å². The number of methoxy groups -OCH3 is 1. The molecule has 0 heterocycles. The van der Waals surface area contributed by atoms with Gasteiger partial charge in [-0.1, -0.05) is 29.3 Å². The Bertz CT molecular complexity index is 842. The van der Waals surface area contributed by atoms with E-state index in [2.05, 4.69) is 5.32 Å². The van der Waals surface area contributed by atoms with E-state index >= 15 is 0 Å². The predicted octanol–water partition coefficient (Wildman–Crippen LogP) is 4.83. The monoisotopic (exact) mass is 413 g/mol. The smallest absolute Gasteiger partial charge is 0.342 e. The third-order valence-electron chi connectivity index (χ3n) is 3.51. The van der Waals surface area contributed by atoms with Gasteiger partial charge in [0.1, 0.15) is 11.3 Å². The summed E-state index contributed by atoms with van der Waals surface area (Å²) in [6.45, 7) is 1.31. The first-order valence-electron chi connectivity index (χ1n) is 7.51. The molecule has 0 saturated carbocycles. The van der Waals surface area contributed by atoms with E-state index in [-0.39, 0.29) is 11.3 Å². The minimum Gasteiger partial charge on any atom is -0.496 e. The van der Waals surface area contributed by atoms with Crippen LogP contribution in [0.3, 0.4) is 0 Å². The normalized spacial score (nSPS) is 10.3. The number of ether oxygens (including phenoxy) is 2. The predicted molar refractivity (Wildman–Crippen MR) is 105 cm³/mol. The Morgan fingerprint density at radius 2 is 1.92 bits per heavy atom. The summed E-state index contributed by atoms with van der Waals surface area (Å²) in [6.07, 6.45) is 1.92. The van der Waals surface area contributed by atoms with Crippen LogP contribution in [0.4, 0.5) is 5.69 Å². The molecule has 0 saturated heterocycles. The highest BCUT2D eigenvalue weighted by Crippen LogP contribution is 2.32. The number of benzene rings is 2. The summed E-state index contributed by atoms with van der Waals surface area (Å²) in [4.78, 5) is 25.3. The van der Waals surface area contributed by atoms with Crippen molar-refractivity contribution in [2.75, 3.05) is 25.3 Å². The standard InChI is InChI=1S/C18H17Cl2NO4S/c1-10-4-7-13(19)17(16(10)20)21-15(22)9-25-18(23)12-6-5-11(26-3)8-14(12)24-2/h4-8H,9H2,1-3H3,(H,21,22). The summed E-state index contributed by atoms with van der Waals surface area (Å²) < 4.78 is 10.3. The second kappa shape index (κ2) is 9.16. The fourth-order valence-electron chi connectivity index (χ4n) is 2.12. The molecule has 1 amide bonds. The Kier molecular flexibility index (Phi) is 7.20. The van der Waals surface area contributed by atoms with Crippen LogP contribution in [0.15, 0.2) is 35.2 Å². The van der Waals surface area contributed by atoms with Crippen molar-refractivity contribution in [3.63, 3.8) is 0 Å². The molecule has 0 aromatic heterocycles. The largest absolute Gasteiger partial charge is 0.496 e. The van der Waals surface area contributed by atoms with Gasteiger partial charge in [-0.15, -0.1) is 11.8 Å². The molecule has 5 nitrogen and oxygen atoms in total. The second-order valence-corrected chi connectivity index (χ2v) is 6.91. The van der Waals surface area contributed by atoms with Crippen molar-refractivity contribution >= 4 is 52.5 Å². The third-order valence-corrected chi connectivity index (χ3v) is 5.04. The minimum absolute atomic E-state index is 0.240. The van der Waals surface area contributed by atoms with Gasteiger partial charge in [-0.3, -0.25) is 4.79 Å². The van der Waals surface area contributed by atoms with Crippen LogP contribution >= 0.6 is 35.0 Å². The van der Waals surface area contributed by atoms with Crippen molar-refractivity contribution in [3.8, 4) is 5.75 Å². The summed E-state index contributed by atoms with van der Waals surface area (Å²) in [5.41, 5.74) is 1.29. The number of anilines is 1. The number of amides is 1. The average Bonchev–Trinajstić information content (AvgIpc) is 2.65. The average molecular weight is 414 g/mol. The van der Waals surface area contributed by atoms with Gasteiger partial charge < -0.3 is 14.8 Å². The van der Waals surface area contributed by atoms with Crippen molar-refractivity contribution in [1.29, 1.82) is 0 Å². The minimum atomic E-state index is -0.661. The first-order chi connectivity index (χ1) is 12.4. The van der Waals surface area contributed by atoms with Crippen LogP contribution < -0.4 is 10.1 Å². The van der Waals surface area contributed by atoms with Crippen molar-refractivity contribution in [2.24, 2.45) is 0 Å². The number of nitrogens with one attached hydrogen (secondary N) is 1. The summed E-state index contributed by atoms with van der Waals surface area (Å²) in [5.74, 6) is -0.828. The zero-order valence-corrected chi connectivity index (χ0v) is 16.7. The number of carbonyl (C=O) groups is 2. The van der Waals surface area contributed by atoms with Gasteiger partial charge in [-0.05, 0) is 43.0 Å². The lowest BCUT2D eigenvalue weighted by atomic mass is 10.2. The van der Waals surface area contributed by atoms with Gasteiger partial charge in [0.2, 0.25) is 0 Å². The lowest BCUT2D eigenvalue weighted by Gasteiger charge is -2.12. The Morgan fingerprint density at radius 3 is 2.58 bits per heavy atom. The molecule has 26 heavy (non-hydrogen) atoms. The van der Waals surface area contributed by atoms with Gasteiger partial charge in [0.25, 0.3) is 5.91 Å². The Hall–Kier alpha value is -1.89. The number of rotatable bonds is 6. The highest BCUT2D eigenvalue weighted by Gasteiger charge is 2.17. The maximum atomic E-state index is 12.2. The van der Waals surface area contributed by atoms with Crippen LogP contribution in [0, 0.1) is 6.92 Å². The number of aryl methyl sites for hydroxylation is 1. The molecule has 8 heteroatoms. The molecular formula is C18H17Cl2NO4S. The lowest BCUT2D eigenvalue weighted by molar-refractivity contribution is -0.119. The zero-order chi connectivity index (χ0) is 19.3. The van der Waals surface area contributed by atoms with Crippen LogP contribution in [0.25, 0.3) is 0 Å². The topological polar surface area (TPSA) is 64.6 Å². The number of hydrogen-bond donors (Lipinski definition) is 1. The molecule has 0 aliphatic carbocycles. The van der Waals surface area contributed by atoms with Gasteiger partial charge in [-0.2, -0.15) is 0 Å². The second-order valence-electron chi connectivity index (χ2n) is 5.24. The first kappa shape index (κ1) is 20.4. The van der Waals surface area contributed by atoms with E-state index in [1.165, 1.54) is 18.9 Å². The summed E-state index contributed by atoms with van der Waals surface area (Å²) >= 11 is 13.7. The van der Waals surface area contributed by atoms with Crippen LogP contribution in [0.1, 0.15) is 15.9 Å². The van der Waals surface area contributed by atoms with E-state index in [0.717, 1.165) is 10.5 Å². The van der Waals surface area contributed by atoms with Crippen molar-refractivity contribution in [2.45, 2.75) is 11.8 Å². The molecule has 2 aromatic rings. The summed E-state index contributed by atoms with van der Waals surface area (Å²) in [6, 6.07) is 8.47. The molecule has 1 N–H and O–H groups in total. The number of thioether (sulfide) groups is 1. The molecule has 2 rings (SSSR count). The summed E-state index contributed by atoms with van der Waals surface area (Å²) in [7, 11) is 1.46. The van der Waals surface area contributed by atoms with E-state index in [9.17, 15) is 9.59 Å². The van der Waals surface area contributed by atoms with E-state index in [1.807, 2.05) is 6.26 Å². The first-order valence-corrected chi connectivity index (χ1v) is 9.49. The molecular weight excluding hydrogens is 397 g/mol. The van der Waals surface area contributed by atoms with Crippen LogP contribution in [-0.4, -0.2) is 31.8 Å². The highest BCUT2D eigenvalue weighted by molar-refractivity contribution is 7.98. The van der Waals surface area contributed by atoms with Crippen LogP contribution in [0.5, 0.6) is 5.75 Å². The molecule has 0 fully saturated rings. The Balaban J connectivity index is 2.04. The maximum Gasteiger partial charge on any atom is 0.342 e. The number of halogens is 2. The van der Waals surface area contributed by atoms with Gasteiger partial charge in [-0.25, -0.2) is 4.79 Å². The lowest BCUT2D eigenvalue weighted by Crippen LogP contribution is -2.21. The SMILES string of the molecule is COc1cc(SC)ccc1C(=O)OCC(=O)Nc1c(Cl)ccc(C)c1Cl. The Morgan fingerprint density at radius 1 is 1.19 bits per heavy atom. The van der Waals surface area contributed by atoms with Gasteiger partial charge in [0.15, 0.2) is 6.61 Å². The van der Waals surface area contributed by atoms with Gasteiger partial charge >= 0.3 is 5.97 Å². The Labute approximate surface area is 166 Å². The molecule has 0 unspecified atom stereocenters. The third kappa shape index (κ3) is 4.84. The molecule has 138 valence electrons. The number of esters is 1. The molecule has 0 aliphatic heterocycles. The molecule has 0 aliphatic rings. The highest BCUT2D eigenvalue weighted by atomic mass is 35.5. The quantitative estimate of drug-likeness (QED) is 0.542. The number of hydrogen-bond acceptors (Lipinski definition) is 5. The fraction of sp³-hybridized carbons (Fsp3) is 0.222. The molecule has 2 aromatic carbocycles.